The van der Waals surface area contributed by atoms with Crippen molar-refractivity contribution < 1.29 is 19.1 Å². The van der Waals surface area contributed by atoms with Gasteiger partial charge in [-0.15, -0.1) is 0 Å². The van der Waals surface area contributed by atoms with E-state index in [1.54, 1.807) is 60.7 Å². The number of hydrogen-bond donors (Lipinski definition) is 0. The van der Waals surface area contributed by atoms with Gasteiger partial charge in [0.15, 0.2) is 11.5 Å². The van der Waals surface area contributed by atoms with Gasteiger partial charge in [-0.05, 0) is 65.4 Å². The Morgan fingerprint density at radius 2 is 1.69 bits per heavy atom. The molecule has 0 saturated carbocycles. The van der Waals surface area contributed by atoms with E-state index in [1.165, 1.54) is 12.0 Å². The van der Waals surface area contributed by atoms with Crippen molar-refractivity contribution in [2.24, 2.45) is 0 Å². The van der Waals surface area contributed by atoms with Crippen molar-refractivity contribution in [3.8, 4) is 11.5 Å². The fraction of sp³-hybridized carbons (Fsp3) is 0.120. The van der Waals surface area contributed by atoms with E-state index in [-0.39, 0.29) is 24.3 Å². The van der Waals surface area contributed by atoms with Crippen LogP contribution < -0.4 is 9.47 Å². The summed E-state index contributed by atoms with van der Waals surface area (Å²) in [6.45, 7) is 0.380. The van der Waals surface area contributed by atoms with Crippen LogP contribution in [-0.2, 0) is 17.9 Å². The lowest BCUT2D eigenvalue weighted by atomic mass is 10.1. The summed E-state index contributed by atoms with van der Waals surface area (Å²) in [6.07, 6.45) is 1.65. The predicted molar refractivity (Wildman–Crippen MR) is 144 cm³/mol. The van der Waals surface area contributed by atoms with Crippen molar-refractivity contribution in [3.05, 3.63) is 95.7 Å². The number of imide groups is 1. The average molecular weight is 614 g/mol. The molecule has 3 aromatic carbocycles. The summed E-state index contributed by atoms with van der Waals surface area (Å²) in [5, 5.41) is 1.30. The normalized spacial score (nSPS) is 14.7. The fourth-order valence-electron chi connectivity index (χ4n) is 3.28. The third-order valence-electron chi connectivity index (χ3n) is 5.10. The van der Waals surface area contributed by atoms with Crippen LogP contribution in [0.2, 0.25) is 15.1 Å². The van der Waals surface area contributed by atoms with Crippen LogP contribution >= 0.6 is 62.5 Å². The van der Waals surface area contributed by atoms with Crippen molar-refractivity contribution in [3.63, 3.8) is 0 Å². The van der Waals surface area contributed by atoms with E-state index >= 15 is 0 Å². The van der Waals surface area contributed by atoms with Crippen molar-refractivity contribution in [2.45, 2.75) is 13.2 Å². The number of carbonyl (C=O) groups excluding carboxylic acids is 2. The first kappa shape index (κ1) is 25.9. The minimum Gasteiger partial charge on any atom is -0.493 e. The summed E-state index contributed by atoms with van der Waals surface area (Å²) in [6, 6.07) is 15.7. The summed E-state index contributed by atoms with van der Waals surface area (Å²) in [4.78, 5) is 27.0. The Hall–Kier alpha value is -2.16. The van der Waals surface area contributed by atoms with Crippen LogP contribution in [0, 0.1) is 0 Å². The Morgan fingerprint density at radius 1 is 0.971 bits per heavy atom. The molecule has 2 amide bonds. The van der Waals surface area contributed by atoms with E-state index in [0.29, 0.717) is 41.5 Å². The number of thioether (sulfide) groups is 1. The van der Waals surface area contributed by atoms with Gasteiger partial charge >= 0.3 is 0 Å². The van der Waals surface area contributed by atoms with E-state index in [2.05, 4.69) is 15.9 Å². The Kier molecular flexibility index (Phi) is 8.34. The Balaban J connectivity index is 1.53. The number of amides is 2. The Bertz CT molecular complexity index is 1330. The van der Waals surface area contributed by atoms with E-state index in [9.17, 15) is 9.59 Å². The Labute approximate surface area is 230 Å². The number of nitrogens with zero attached hydrogens (tertiary/aromatic N) is 1. The number of methoxy groups -OCH3 is 1. The smallest absolute Gasteiger partial charge is 0.293 e. The minimum atomic E-state index is -0.362. The first-order valence-corrected chi connectivity index (χ1v) is 12.9. The van der Waals surface area contributed by atoms with Crippen LogP contribution in [0.4, 0.5) is 4.79 Å². The van der Waals surface area contributed by atoms with Crippen LogP contribution in [-0.4, -0.2) is 23.2 Å². The molecule has 0 unspecified atom stereocenters. The number of rotatable bonds is 7. The maximum Gasteiger partial charge on any atom is 0.293 e. The number of hydrogen-bond acceptors (Lipinski definition) is 5. The number of benzene rings is 3. The maximum absolute atomic E-state index is 12.9. The summed E-state index contributed by atoms with van der Waals surface area (Å²) in [5.74, 6) is 0.585. The summed E-state index contributed by atoms with van der Waals surface area (Å²) >= 11 is 22.5. The second kappa shape index (κ2) is 11.3. The summed E-state index contributed by atoms with van der Waals surface area (Å²) < 4.78 is 12.1. The van der Waals surface area contributed by atoms with Crippen LogP contribution in [0.1, 0.15) is 16.7 Å². The highest BCUT2D eigenvalue weighted by molar-refractivity contribution is 9.10. The van der Waals surface area contributed by atoms with Gasteiger partial charge in [0.25, 0.3) is 11.1 Å². The van der Waals surface area contributed by atoms with Crippen molar-refractivity contribution in [2.75, 3.05) is 7.11 Å². The summed E-state index contributed by atoms with van der Waals surface area (Å²) in [7, 11) is 1.52. The van der Waals surface area contributed by atoms with Crippen molar-refractivity contribution >= 4 is 79.7 Å². The molecule has 1 saturated heterocycles. The molecule has 1 fully saturated rings. The highest BCUT2D eigenvalue weighted by atomic mass is 79.9. The predicted octanol–water partition coefficient (Wildman–Crippen LogP) is 8.23. The Morgan fingerprint density at radius 3 is 2.37 bits per heavy atom. The monoisotopic (exact) mass is 611 g/mol. The average Bonchev–Trinajstić information content (AvgIpc) is 3.08. The van der Waals surface area contributed by atoms with Gasteiger partial charge in [-0.25, -0.2) is 0 Å². The lowest BCUT2D eigenvalue weighted by Gasteiger charge is -2.14. The van der Waals surface area contributed by atoms with E-state index in [4.69, 9.17) is 44.3 Å². The molecule has 5 nitrogen and oxygen atoms in total. The third kappa shape index (κ3) is 6.16. The molecule has 1 aliphatic heterocycles. The molecule has 0 aromatic heterocycles. The van der Waals surface area contributed by atoms with Gasteiger partial charge in [0, 0.05) is 25.1 Å². The molecule has 0 N–H and O–H groups in total. The van der Waals surface area contributed by atoms with Gasteiger partial charge in [-0.2, -0.15) is 0 Å². The number of carbonyl (C=O) groups is 2. The van der Waals surface area contributed by atoms with Gasteiger partial charge in [0.2, 0.25) is 0 Å². The van der Waals surface area contributed by atoms with Crippen LogP contribution in [0.25, 0.3) is 6.08 Å². The van der Waals surface area contributed by atoms with Crippen molar-refractivity contribution in [1.29, 1.82) is 0 Å². The van der Waals surface area contributed by atoms with Crippen molar-refractivity contribution in [1.82, 2.24) is 4.90 Å². The van der Waals surface area contributed by atoms with E-state index < -0.39 is 0 Å². The fourth-order valence-corrected chi connectivity index (χ4v) is 5.13. The molecule has 3 aromatic rings. The zero-order chi connectivity index (χ0) is 25.1. The van der Waals surface area contributed by atoms with Gasteiger partial charge in [-0.3, -0.25) is 14.5 Å². The van der Waals surface area contributed by atoms with E-state index in [1.807, 2.05) is 0 Å². The molecule has 10 heteroatoms. The van der Waals surface area contributed by atoms with Crippen LogP contribution in [0.15, 0.2) is 64.0 Å². The minimum absolute atomic E-state index is 0.170. The molecule has 0 bridgehead atoms. The maximum atomic E-state index is 12.9. The van der Waals surface area contributed by atoms with Crippen LogP contribution in [0.3, 0.4) is 0 Å². The number of ether oxygens (including phenoxy) is 2. The molecule has 0 spiro atoms. The molecular formula is C25H17BrCl3NO4S. The first-order chi connectivity index (χ1) is 16.7. The molecule has 1 aliphatic rings. The largest absolute Gasteiger partial charge is 0.493 e. The first-order valence-electron chi connectivity index (χ1n) is 10.2. The SMILES string of the molecule is COc1cc(/C=C2\SC(=O)N(Cc3ccc(Cl)cc3)C2=O)c(Br)cc1OCc1ccc(Cl)cc1Cl. The summed E-state index contributed by atoms with van der Waals surface area (Å²) in [5.41, 5.74) is 2.24. The molecule has 0 radical (unpaired) electrons. The molecule has 35 heavy (non-hydrogen) atoms. The number of halogens is 4. The zero-order valence-electron chi connectivity index (χ0n) is 18.2. The molecule has 4 rings (SSSR count). The second-order valence-corrected chi connectivity index (χ2v) is 10.6. The highest BCUT2D eigenvalue weighted by Gasteiger charge is 2.35. The highest BCUT2D eigenvalue weighted by Crippen LogP contribution is 2.39. The van der Waals surface area contributed by atoms with Crippen LogP contribution in [0.5, 0.6) is 11.5 Å². The third-order valence-corrected chi connectivity index (χ3v) is 7.53. The molecule has 180 valence electrons. The molecule has 1 heterocycles. The van der Waals surface area contributed by atoms with E-state index in [0.717, 1.165) is 22.9 Å². The van der Waals surface area contributed by atoms with Gasteiger partial charge in [-0.1, -0.05) is 68.9 Å². The zero-order valence-corrected chi connectivity index (χ0v) is 22.9. The van der Waals surface area contributed by atoms with Gasteiger partial charge in [0.1, 0.15) is 6.61 Å². The molecular weight excluding hydrogens is 597 g/mol. The molecule has 0 aliphatic carbocycles. The quantitative estimate of drug-likeness (QED) is 0.251. The lowest BCUT2D eigenvalue weighted by molar-refractivity contribution is -0.123. The van der Waals surface area contributed by atoms with Gasteiger partial charge in [0.05, 0.1) is 18.6 Å². The molecule has 0 atom stereocenters. The standard InChI is InChI=1S/C25H17BrCl3NO4S/c1-33-21-8-16(19(26)11-22(21)34-13-15-4-7-18(28)10-20(15)29)9-23-24(31)30(25(32)35-23)12-14-2-5-17(27)6-3-14/h2-11H,12-13H2,1H3/b23-9-. The topological polar surface area (TPSA) is 55.8 Å². The lowest BCUT2D eigenvalue weighted by Crippen LogP contribution is -2.27. The second-order valence-electron chi connectivity index (χ2n) is 7.44. The van der Waals surface area contributed by atoms with Gasteiger partial charge < -0.3 is 9.47 Å².